The van der Waals surface area contributed by atoms with Gasteiger partial charge in [-0.25, -0.2) is 4.98 Å². The number of aliphatic hydroxyl groups excluding tert-OH is 2. The first-order chi connectivity index (χ1) is 20.2. The SMILES string of the molecule is CCOCNCCCCC1C(=O)C(C)(C)[C@@H](O)CC(=O)OC(/C(C)=C/c2csc(C)n2)COC(C)(C)CCCC(C)C1O. The molecular weight excluding hydrogens is 568 g/mol. The van der Waals surface area contributed by atoms with Crippen molar-refractivity contribution in [2.24, 2.45) is 17.3 Å². The number of rotatable bonds is 10. The normalized spacial score (nSPS) is 28.0. The molecule has 2 heterocycles. The van der Waals surface area contributed by atoms with Crippen molar-refractivity contribution in [2.45, 2.75) is 124 Å². The average Bonchev–Trinajstić information content (AvgIpc) is 3.35. The Hall–Kier alpha value is -1.69. The van der Waals surface area contributed by atoms with Crippen LogP contribution < -0.4 is 5.32 Å². The zero-order chi connectivity index (χ0) is 32.2. The Morgan fingerprint density at radius 1 is 1.23 bits per heavy atom. The molecule has 3 N–H and O–H groups in total. The molecule has 0 aliphatic carbocycles. The number of carbonyl (C=O) groups is 2. The minimum Gasteiger partial charge on any atom is -0.455 e. The van der Waals surface area contributed by atoms with E-state index in [2.05, 4.69) is 10.3 Å². The number of ether oxygens (including phenoxy) is 3. The van der Waals surface area contributed by atoms with Crippen LogP contribution in [0.2, 0.25) is 0 Å². The number of hydrogen-bond donors (Lipinski definition) is 3. The molecule has 4 unspecified atom stereocenters. The van der Waals surface area contributed by atoms with Gasteiger partial charge >= 0.3 is 5.97 Å². The summed E-state index contributed by atoms with van der Waals surface area (Å²) < 4.78 is 17.5. The first kappa shape index (κ1) is 37.5. The maximum Gasteiger partial charge on any atom is 0.309 e. The summed E-state index contributed by atoms with van der Waals surface area (Å²) >= 11 is 1.54. The molecule has 43 heavy (non-hydrogen) atoms. The number of thiazole rings is 1. The van der Waals surface area contributed by atoms with Crippen molar-refractivity contribution in [1.82, 2.24) is 10.3 Å². The summed E-state index contributed by atoms with van der Waals surface area (Å²) in [5, 5.41) is 28.8. The Bertz CT molecular complexity index is 1040. The topological polar surface area (TPSA) is 127 Å². The minimum absolute atomic E-state index is 0.119. The highest BCUT2D eigenvalue weighted by Crippen LogP contribution is 2.35. The second kappa shape index (κ2) is 17.7. The van der Waals surface area contributed by atoms with Gasteiger partial charge < -0.3 is 24.4 Å². The number of aryl methyl sites for hydroxylation is 1. The molecule has 5 atom stereocenters. The minimum atomic E-state index is -1.28. The van der Waals surface area contributed by atoms with Crippen LogP contribution in [0.1, 0.15) is 104 Å². The molecule has 1 aliphatic rings. The molecule has 0 saturated carbocycles. The molecule has 10 heteroatoms. The van der Waals surface area contributed by atoms with Crippen LogP contribution in [0.3, 0.4) is 0 Å². The van der Waals surface area contributed by atoms with Crippen LogP contribution in [0.5, 0.6) is 0 Å². The smallest absolute Gasteiger partial charge is 0.309 e. The number of carbonyl (C=O) groups excluding carboxylic acids is 2. The first-order valence-electron chi connectivity index (χ1n) is 15.8. The zero-order valence-electron chi connectivity index (χ0n) is 27.6. The number of nitrogens with one attached hydrogen (secondary N) is 1. The summed E-state index contributed by atoms with van der Waals surface area (Å²) in [6.45, 7) is 17.1. The number of unbranched alkanes of at least 4 members (excludes halogenated alkanes) is 1. The Labute approximate surface area is 262 Å². The fourth-order valence-corrected chi connectivity index (χ4v) is 5.97. The van der Waals surface area contributed by atoms with E-state index >= 15 is 0 Å². The molecule has 1 aliphatic heterocycles. The third kappa shape index (κ3) is 12.3. The molecular formula is C33H56N2O7S. The maximum absolute atomic E-state index is 14.0. The standard InChI is InChI=1S/C33H56N2O7S/c1-9-40-21-34-16-11-10-14-26-30(38)22(2)13-12-15-32(5,6)41-19-27(23(3)17-25-20-43-24(4)35-25)42-29(37)18-28(36)33(7,8)31(26)39/h17,20,22,26-28,30,34,36,38H,9-16,18-19,21H2,1-8H3/b23-17+/t22?,26?,27?,28-,30?/m0/s1. The van der Waals surface area contributed by atoms with Crippen LogP contribution in [0, 0.1) is 24.2 Å². The van der Waals surface area contributed by atoms with Gasteiger partial charge in [0.2, 0.25) is 0 Å². The molecule has 2 rings (SSSR count). The van der Waals surface area contributed by atoms with E-state index in [0.29, 0.717) is 19.8 Å². The van der Waals surface area contributed by atoms with Crippen LogP contribution in [0.15, 0.2) is 11.0 Å². The lowest BCUT2D eigenvalue weighted by Gasteiger charge is -2.36. The monoisotopic (exact) mass is 624 g/mol. The maximum atomic E-state index is 14.0. The van der Waals surface area contributed by atoms with Crippen molar-refractivity contribution >= 4 is 29.2 Å². The summed E-state index contributed by atoms with van der Waals surface area (Å²) in [7, 11) is 0. The van der Waals surface area contributed by atoms with Crippen molar-refractivity contribution < 1.29 is 34.0 Å². The summed E-state index contributed by atoms with van der Waals surface area (Å²) in [4.78, 5) is 31.6. The lowest BCUT2D eigenvalue weighted by molar-refractivity contribution is -0.159. The van der Waals surface area contributed by atoms with Gasteiger partial charge in [0.15, 0.2) is 0 Å². The number of aliphatic hydroxyl groups is 2. The third-order valence-electron chi connectivity index (χ3n) is 8.54. The van der Waals surface area contributed by atoms with Gasteiger partial charge in [0.1, 0.15) is 11.9 Å². The number of hydrogen-bond acceptors (Lipinski definition) is 10. The zero-order valence-corrected chi connectivity index (χ0v) is 28.4. The van der Waals surface area contributed by atoms with E-state index in [1.807, 2.05) is 53.0 Å². The van der Waals surface area contributed by atoms with Gasteiger partial charge in [0, 0.05) is 17.9 Å². The molecule has 0 amide bonds. The van der Waals surface area contributed by atoms with E-state index in [0.717, 1.165) is 54.9 Å². The highest BCUT2D eigenvalue weighted by atomic mass is 32.1. The van der Waals surface area contributed by atoms with Crippen molar-refractivity contribution in [2.75, 3.05) is 26.5 Å². The molecule has 1 fully saturated rings. The van der Waals surface area contributed by atoms with Gasteiger partial charge in [-0.1, -0.05) is 33.6 Å². The van der Waals surface area contributed by atoms with Gasteiger partial charge in [-0.2, -0.15) is 0 Å². The number of cyclic esters (lactones) is 1. The summed E-state index contributed by atoms with van der Waals surface area (Å²) in [6.07, 6.45) is 3.08. The molecule has 0 radical (unpaired) electrons. The number of ketones is 1. The average molecular weight is 625 g/mol. The molecule has 0 bridgehead atoms. The van der Waals surface area contributed by atoms with Gasteiger partial charge in [-0.05, 0) is 84.4 Å². The fourth-order valence-electron chi connectivity index (χ4n) is 5.40. The predicted molar refractivity (Wildman–Crippen MR) is 171 cm³/mol. The lowest BCUT2D eigenvalue weighted by Crippen LogP contribution is -2.47. The summed E-state index contributed by atoms with van der Waals surface area (Å²) in [6, 6.07) is 0. The Kier molecular flexibility index (Phi) is 15.4. The lowest BCUT2D eigenvalue weighted by atomic mass is 9.71. The highest BCUT2D eigenvalue weighted by Gasteiger charge is 2.44. The number of aromatic nitrogens is 1. The second-order valence-electron chi connectivity index (χ2n) is 13.1. The van der Waals surface area contributed by atoms with E-state index in [1.54, 1.807) is 25.2 Å². The molecule has 246 valence electrons. The third-order valence-corrected chi connectivity index (χ3v) is 9.34. The van der Waals surface area contributed by atoms with E-state index in [-0.39, 0.29) is 24.7 Å². The predicted octanol–water partition coefficient (Wildman–Crippen LogP) is 5.46. The Morgan fingerprint density at radius 2 is 1.95 bits per heavy atom. The molecule has 0 aromatic carbocycles. The number of nitrogens with zero attached hydrogens (tertiary/aromatic N) is 1. The first-order valence-corrected chi connectivity index (χ1v) is 16.7. The number of esters is 1. The fraction of sp³-hybridized carbons (Fsp3) is 0.788. The van der Waals surface area contributed by atoms with Gasteiger partial charge in [-0.15, -0.1) is 11.3 Å². The number of Topliss-reactive ketones (excluding diaryl/α,β-unsaturated/α-hetero) is 1. The van der Waals surface area contributed by atoms with Crippen LogP contribution in [-0.4, -0.2) is 77.4 Å². The van der Waals surface area contributed by atoms with Crippen LogP contribution >= 0.6 is 11.3 Å². The van der Waals surface area contributed by atoms with E-state index < -0.39 is 41.2 Å². The van der Waals surface area contributed by atoms with Gasteiger partial charge in [0.25, 0.3) is 0 Å². The molecule has 9 nitrogen and oxygen atoms in total. The Morgan fingerprint density at radius 3 is 2.60 bits per heavy atom. The van der Waals surface area contributed by atoms with Crippen molar-refractivity contribution in [3.05, 3.63) is 21.7 Å². The second-order valence-corrected chi connectivity index (χ2v) is 14.2. The van der Waals surface area contributed by atoms with Crippen molar-refractivity contribution in [3.8, 4) is 0 Å². The molecule has 1 aromatic rings. The summed E-state index contributed by atoms with van der Waals surface area (Å²) in [5.41, 5.74) is -0.174. The summed E-state index contributed by atoms with van der Waals surface area (Å²) in [5.74, 6) is -1.61. The van der Waals surface area contributed by atoms with Crippen LogP contribution in [-0.2, 0) is 23.8 Å². The van der Waals surface area contributed by atoms with Crippen molar-refractivity contribution in [3.63, 3.8) is 0 Å². The van der Waals surface area contributed by atoms with Gasteiger partial charge in [0.05, 0.1) is 53.7 Å². The molecule has 1 aromatic heterocycles. The quantitative estimate of drug-likeness (QED) is 0.177. The Balaban J connectivity index is 2.27. The van der Waals surface area contributed by atoms with Crippen LogP contribution in [0.25, 0.3) is 6.08 Å². The van der Waals surface area contributed by atoms with Gasteiger partial charge in [-0.3, -0.25) is 14.9 Å². The van der Waals surface area contributed by atoms with E-state index in [9.17, 15) is 19.8 Å². The largest absolute Gasteiger partial charge is 0.455 e. The van der Waals surface area contributed by atoms with Crippen molar-refractivity contribution in [1.29, 1.82) is 0 Å². The molecule has 0 spiro atoms. The molecule has 1 saturated heterocycles. The van der Waals surface area contributed by atoms with Crippen LogP contribution in [0.4, 0.5) is 0 Å². The highest BCUT2D eigenvalue weighted by molar-refractivity contribution is 7.09. The van der Waals surface area contributed by atoms with E-state index in [1.165, 1.54) is 0 Å². The van der Waals surface area contributed by atoms with E-state index in [4.69, 9.17) is 14.2 Å².